The Kier molecular flexibility index (Phi) is 6.11. The monoisotopic (exact) mass is 438 g/mol. The molecule has 0 radical (unpaired) electrons. The van der Waals surface area contributed by atoms with E-state index in [1.807, 2.05) is 49.6 Å². The summed E-state index contributed by atoms with van der Waals surface area (Å²) in [4.78, 5) is 3.50. The summed E-state index contributed by atoms with van der Waals surface area (Å²) in [5.41, 5.74) is 2.85. The van der Waals surface area contributed by atoms with E-state index in [1.54, 1.807) is 36.1 Å². The predicted molar refractivity (Wildman–Crippen MR) is 120 cm³/mol. The van der Waals surface area contributed by atoms with Crippen molar-refractivity contribution in [1.82, 2.24) is 19.1 Å². The van der Waals surface area contributed by atoms with Crippen molar-refractivity contribution in [3.63, 3.8) is 0 Å². The predicted octanol–water partition coefficient (Wildman–Crippen LogP) is 3.83. The summed E-state index contributed by atoms with van der Waals surface area (Å²) in [5.74, 6) is 0.617. The molecule has 0 aliphatic carbocycles. The Balaban J connectivity index is 1.62. The fraction of sp³-hybridized carbons (Fsp3) is 0.261. The van der Waals surface area contributed by atoms with Crippen LogP contribution >= 0.6 is 0 Å². The zero-order valence-electron chi connectivity index (χ0n) is 17.7. The summed E-state index contributed by atoms with van der Waals surface area (Å²) in [7, 11) is -2.15. The molecule has 2 aromatic heterocycles. The lowest BCUT2D eigenvalue weighted by Crippen LogP contribution is -2.32. The molecule has 0 atom stereocenters. The summed E-state index contributed by atoms with van der Waals surface area (Å²) in [6.07, 6.45) is 4.41. The van der Waals surface area contributed by atoms with Gasteiger partial charge >= 0.3 is 0 Å². The van der Waals surface area contributed by atoms with Crippen LogP contribution in [0.4, 0.5) is 0 Å². The zero-order chi connectivity index (χ0) is 21.8. The average molecular weight is 439 g/mol. The van der Waals surface area contributed by atoms with Crippen LogP contribution in [0.25, 0.3) is 10.9 Å². The maximum Gasteiger partial charge on any atom is 0.243 e. The number of benzene rings is 2. The van der Waals surface area contributed by atoms with Crippen LogP contribution in [0.15, 0.2) is 71.9 Å². The number of hydrogen-bond acceptors (Lipinski definition) is 4. The molecule has 8 heteroatoms. The number of aromatic amines is 1. The van der Waals surface area contributed by atoms with E-state index in [0.717, 1.165) is 28.7 Å². The van der Waals surface area contributed by atoms with Crippen molar-refractivity contribution >= 4 is 20.9 Å². The summed E-state index contributed by atoms with van der Waals surface area (Å²) in [6.45, 7) is 3.29. The minimum atomic E-state index is -3.71. The number of nitrogens with one attached hydrogen (secondary N) is 1. The highest BCUT2D eigenvalue weighted by molar-refractivity contribution is 7.89. The third-order valence-corrected chi connectivity index (χ3v) is 7.22. The molecule has 4 rings (SSSR count). The fourth-order valence-corrected chi connectivity index (χ4v) is 5.02. The van der Waals surface area contributed by atoms with Gasteiger partial charge < -0.3 is 9.72 Å². The highest BCUT2D eigenvalue weighted by Crippen LogP contribution is 2.23. The summed E-state index contributed by atoms with van der Waals surface area (Å²) in [6, 6.07) is 16.4. The van der Waals surface area contributed by atoms with Gasteiger partial charge in [-0.05, 0) is 55.3 Å². The number of aryl methyl sites for hydroxylation is 1. The lowest BCUT2D eigenvalue weighted by Gasteiger charge is -2.21. The molecule has 0 fully saturated rings. The van der Waals surface area contributed by atoms with Crippen molar-refractivity contribution in [2.45, 2.75) is 31.3 Å². The Bertz CT molecular complexity index is 1260. The minimum Gasteiger partial charge on any atom is -0.497 e. The van der Waals surface area contributed by atoms with Gasteiger partial charge in [0.2, 0.25) is 10.0 Å². The van der Waals surface area contributed by atoms with E-state index in [4.69, 9.17) is 4.74 Å². The van der Waals surface area contributed by atoms with Gasteiger partial charge in [0, 0.05) is 36.4 Å². The number of methoxy groups -OCH3 is 1. The number of rotatable bonds is 9. The molecule has 0 spiro atoms. The van der Waals surface area contributed by atoms with E-state index in [1.165, 1.54) is 4.31 Å². The first-order chi connectivity index (χ1) is 15.0. The van der Waals surface area contributed by atoms with Gasteiger partial charge in [0.1, 0.15) is 5.75 Å². The molecule has 0 aliphatic rings. The second kappa shape index (κ2) is 8.95. The van der Waals surface area contributed by atoms with Crippen LogP contribution in [0.1, 0.15) is 18.2 Å². The molecular formula is C23H26N4O3S. The van der Waals surface area contributed by atoms with E-state index in [0.29, 0.717) is 18.7 Å². The molecule has 4 aromatic rings. The fourth-order valence-electron chi connectivity index (χ4n) is 3.61. The normalized spacial score (nSPS) is 12.0. The maximum absolute atomic E-state index is 13.5. The van der Waals surface area contributed by atoms with Crippen LogP contribution in [0.5, 0.6) is 5.75 Å². The van der Waals surface area contributed by atoms with Gasteiger partial charge in [-0.15, -0.1) is 0 Å². The second-order valence-electron chi connectivity index (χ2n) is 7.29. The molecule has 162 valence electrons. The minimum absolute atomic E-state index is 0.212. The third kappa shape index (κ3) is 4.50. The number of para-hydroxylation sites is 1. The molecule has 7 nitrogen and oxygen atoms in total. The van der Waals surface area contributed by atoms with Crippen molar-refractivity contribution in [2.24, 2.45) is 0 Å². The lowest BCUT2D eigenvalue weighted by molar-refractivity contribution is 0.402. The number of fused-ring (bicyclic) bond motifs is 1. The van der Waals surface area contributed by atoms with E-state index < -0.39 is 10.0 Å². The third-order valence-electron chi connectivity index (χ3n) is 5.36. The van der Waals surface area contributed by atoms with Gasteiger partial charge in [0.05, 0.1) is 24.2 Å². The van der Waals surface area contributed by atoms with Crippen molar-refractivity contribution in [2.75, 3.05) is 13.7 Å². The SMILES string of the molecule is CCn1ccc(CN(CCc2c[nH]c3ccccc23)S(=O)(=O)c2ccc(OC)cc2)n1. The number of H-pyrrole nitrogens is 1. The number of hydrogen-bond donors (Lipinski definition) is 1. The first-order valence-electron chi connectivity index (χ1n) is 10.2. The van der Waals surface area contributed by atoms with Crippen molar-refractivity contribution in [3.8, 4) is 5.75 Å². The standard InChI is InChI=1S/C23H26N4O3S/c1-3-26-14-13-19(25-26)17-27(31(28,29)21-10-8-20(30-2)9-11-21)15-12-18-16-24-23-7-5-4-6-22(18)23/h4-11,13-14,16,24H,3,12,15,17H2,1-2H3. The zero-order valence-corrected chi connectivity index (χ0v) is 18.5. The number of nitrogens with zero attached hydrogens (tertiary/aromatic N) is 3. The quantitative estimate of drug-likeness (QED) is 0.431. The van der Waals surface area contributed by atoms with Crippen molar-refractivity contribution < 1.29 is 13.2 Å². The summed E-state index contributed by atoms with van der Waals surface area (Å²) >= 11 is 0. The molecule has 0 amide bonds. The largest absolute Gasteiger partial charge is 0.497 e. The van der Waals surface area contributed by atoms with Crippen LogP contribution in [-0.4, -0.2) is 41.1 Å². The molecule has 1 N–H and O–H groups in total. The molecule has 2 heterocycles. The van der Waals surface area contributed by atoms with Crippen molar-refractivity contribution in [1.29, 1.82) is 0 Å². The Labute approximate surface area is 182 Å². The lowest BCUT2D eigenvalue weighted by atomic mass is 10.1. The maximum atomic E-state index is 13.5. The molecule has 2 aromatic carbocycles. The Morgan fingerprint density at radius 3 is 2.58 bits per heavy atom. The summed E-state index contributed by atoms with van der Waals surface area (Å²) < 4.78 is 35.4. The van der Waals surface area contributed by atoms with Crippen molar-refractivity contribution in [3.05, 3.63) is 78.2 Å². The van der Waals surface area contributed by atoms with Crippen LogP contribution in [0, 0.1) is 0 Å². The first kappa shape index (κ1) is 21.1. The Hall–Kier alpha value is -3.10. The summed E-state index contributed by atoms with van der Waals surface area (Å²) in [5, 5.41) is 5.59. The molecule has 0 saturated carbocycles. The van der Waals surface area contributed by atoms with Gasteiger partial charge in [-0.25, -0.2) is 8.42 Å². The van der Waals surface area contributed by atoms with E-state index in [9.17, 15) is 8.42 Å². The van der Waals surface area contributed by atoms with Crippen LogP contribution in [0.2, 0.25) is 0 Å². The van der Waals surface area contributed by atoms with Gasteiger partial charge in [0.15, 0.2) is 0 Å². The number of ether oxygens (including phenoxy) is 1. The highest BCUT2D eigenvalue weighted by Gasteiger charge is 2.25. The van der Waals surface area contributed by atoms with Gasteiger partial charge in [-0.1, -0.05) is 18.2 Å². The molecule has 0 unspecified atom stereocenters. The highest BCUT2D eigenvalue weighted by atomic mass is 32.2. The smallest absolute Gasteiger partial charge is 0.243 e. The van der Waals surface area contributed by atoms with Crippen LogP contribution in [-0.2, 0) is 29.5 Å². The topological polar surface area (TPSA) is 80.2 Å². The molecule has 0 bridgehead atoms. The van der Waals surface area contributed by atoms with Gasteiger partial charge in [0.25, 0.3) is 0 Å². The van der Waals surface area contributed by atoms with Crippen LogP contribution in [0.3, 0.4) is 0 Å². The van der Waals surface area contributed by atoms with E-state index in [-0.39, 0.29) is 11.4 Å². The average Bonchev–Trinajstić information content (AvgIpc) is 3.43. The van der Waals surface area contributed by atoms with Gasteiger partial charge in [-0.2, -0.15) is 9.40 Å². The second-order valence-corrected chi connectivity index (χ2v) is 9.22. The first-order valence-corrected chi connectivity index (χ1v) is 11.7. The van der Waals surface area contributed by atoms with E-state index in [2.05, 4.69) is 10.1 Å². The molecule has 31 heavy (non-hydrogen) atoms. The number of aromatic nitrogens is 3. The number of sulfonamides is 1. The molecule has 0 aliphatic heterocycles. The van der Waals surface area contributed by atoms with Gasteiger partial charge in [-0.3, -0.25) is 4.68 Å². The Morgan fingerprint density at radius 1 is 1.10 bits per heavy atom. The van der Waals surface area contributed by atoms with Crippen LogP contribution < -0.4 is 4.74 Å². The Morgan fingerprint density at radius 2 is 1.87 bits per heavy atom. The molecular weight excluding hydrogens is 412 g/mol. The molecule has 0 saturated heterocycles. The van der Waals surface area contributed by atoms with E-state index >= 15 is 0 Å².